The van der Waals surface area contributed by atoms with Crippen LogP contribution < -0.4 is 16.0 Å². The number of ketones is 1. The number of alkyl carbamates (subject to hydrolysis) is 3. The number of Topliss-reactive ketones (excluding diaryl/α,β-unsaturated/α-hetero) is 1. The molecule has 0 aliphatic carbocycles. The maximum Gasteiger partial charge on any atom is 0.416 e. The zero-order valence-corrected chi connectivity index (χ0v) is 42.4. The summed E-state index contributed by atoms with van der Waals surface area (Å²) in [6.07, 6.45) is -2.67. The van der Waals surface area contributed by atoms with Gasteiger partial charge in [-0.3, -0.25) is 20.3 Å². The fraction of sp³-hybridized carbons (Fsp3) is 0.271. The Morgan fingerprint density at radius 3 is 1.77 bits per heavy atom. The van der Waals surface area contributed by atoms with Crippen LogP contribution in [0.5, 0.6) is 0 Å². The number of hydrogen-bond donors (Lipinski definition) is 4. The van der Waals surface area contributed by atoms with E-state index in [1.807, 2.05) is 109 Å². The number of nitrogens with one attached hydrogen (secondary N) is 4. The van der Waals surface area contributed by atoms with Crippen LogP contribution in [0.15, 0.2) is 176 Å². The van der Waals surface area contributed by atoms with Crippen molar-refractivity contribution in [1.29, 1.82) is 5.41 Å². The molecule has 0 aliphatic rings. The van der Waals surface area contributed by atoms with Gasteiger partial charge in [-0.25, -0.2) is 24.1 Å². The summed E-state index contributed by atoms with van der Waals surface area (Å²) in [5.74, 6) is -2.07. The highest BCUT2D eigenvalue weighted by atomic mass is 16.6. The van der Waals surface area contributed by atoms with Gasteiger partial charge in [0.15, 0.2) is 5.78 Å². The van der Waals surface area contributed by atoms with Gasteiger partial charge in [-0.15, -0.1) is 0 Å². The summed E-state index contributed by atoms with van der Waals surface area (Å²) in [5, 5.41) is 18.4. The number of benzene rings is 6. The van der Waals surface area contributed by atoms with Crippen molar-refractivity contribution in [3.8, 4) is 0 Å². The average molecular weight is 1020 g/mol. The Kier molecular flexibility index (Phi) is 20.6. The van der Waals surface area contributed by atoms with E-state index in [1.165, 1.54) is 11.0 Å². The molecule has 6 rings (SSSR count). The lowest BCUT2D eigenvalue weighted by atomic mass is 9.90. The average Bonchev–Trinajstić information content (AvgIpc) is 3.41. The highest BCUT2D eigenvalue weighted by Crippen LogP contribution is 2.28. The second-order valence-corrected chi connectivity index (χ2v) is 18.5. The molecule has 6 aromatic carbocycles. The monoisotopic (exact) mass is 1020 g/mol. The van der Waals surface area contributed by atoms with E-state index in [0.717, 1.165) is 26.8 Å². The summed E-state index contributed by atoms with van der Waals surface area (Å²) < 4.78 is 21.8. The van der Waals surface area contributed by atoms with E-state index in [9.17, 15) is 24.0 Å². The lowest BCUT2D eigenvalue weighted by molar-refractivity contribution is -0.134. The molecule has 390 valence electrons. The van der Waals surface area contributed by atoms with Crippen LogP contribution in [0.3, 0.4) is 0 Å². The predicted molar refractivity (Wildman–Crippen MR) is 286 cm³/mol. The molecule has 16 nitrogen and oxygen atoms in total. The minimum Gasteiger partial charge on any atom is -0.445 e. The second-order valence-electron chi connectivity index (χ2n) is 18.5. The Labute approximate surface area is 437 Å². The maximum absolute atomic E-state index is 15.4. The molecular formula is C59H64N6O10. The van der Waals surface area contributed by atoms with Gasteiger partial charge in [0.1, 0.15) is 37.5 Å². The van der Waals surface area contributed by atoms with E-state index in [0.29, 0.717) is 16.7 Å². The van der Waals surface area contributed by atoms with Crippen LogP contribution in [0.25, 0.3) is 10.8 Å². The Balaban J connectivity index is 1.31. The molecule has 2 atom stereocenters. The standard InChI is InChI=1S/C59H64N6O10/c1-5-37-72-55(68)62-52(48-33-32-44-25-18-19-30-47(44)38-48)51(66)34-36-64(39-49(45-26-14-8-15-27-45)46-28-16-9-17-29-46)53(67)50(61-57(70)75-59(2,3)4)31-20-35-65(58(71)74-41-43-23-12-7-13-24-43)54(60)63-56(69)73-40-42-21-10-6-11-22-42/h5-19,21-30,32-33,38,49-50,52H,1,20,31,34-37,39-41H2,2-4H3,(H,61,70)(H,62,68)(H2,60,63,69)/t50-,52?/m0/s1. The number of fused-ring (bicyclic) bond motifs is 1. The van der Waals surface area contributed by atoms with Crippen molar-refractivity contribution >= 4 is 52.8 Å². The van der Waals surface area contributed by atoms with E-state index in [4.69, 9.17) is 24.4 Å². The highest BCUT2D eigenvalue weighted by Gasteiger charge is 2.33. The molecular weight excluding hydrogens is 953 g/mol. The minimum absolute atomic E-state index is 0.0237. The fourth-order valence-electron chi connectivity index (χ4n) is 8.10. The molecule has 16 heteroatoms. The van der Waals surface area contributed by atoms with Crippen molar-refractivity contribution in [3.63, 3.8) is 0 Å². The number of amides is 5. The Bertz CT molecular complexity index is 2820. The van der Waals surface area contributed by atoms with Crippen molar-refractivity contribution in [2.24, 2.45) is 0 Å². The van der Waals surface area contributed by atoms with E-state index in [2.05, 4.69) is 22.5 Å². The van der Waals surface area contributed by atoms with E-state index < -0.39 is 65.6 Å². The Hall–Kier alpha value is -8.79. The van der Waals surface area contributed by atoms with Gasteiger partial charge in [0.2, 0.25) is 11.9 Å². The fourth-order valence-corrected chi connectivity index (χ4v) is 8.10. The van der Waals surface area contributed by atoms with Crippen LogP contribution >= 0.6 is 0 Å². The normalized spacial score (nSPS) is 11.8. The molecule has 75 heavy (non-hydrogen) atoms. The van der Waals surface area contributed by atoms with Crippen molar-refractivity contribution in [3.05, 3.63) is 204 Å². The van der Waals surface area contributed by atoms with Gasteiger partial charge in [0.25, 0.3) is 0 Å². The van der Waals surface area contributed by atoms with Gasteiger partial charge >= 0.3 is 24.4 Å². The first-order valence-electron chi connectivity index (χ1n) is 24.7. The first kappa shape index (κ1) is 55.5. The molecule has 1 unspecified atom stereocenters. The van der Waals surface area contributed by atoms with Crippen LogP contribution in [0.4, 0.5) is 19.2 Å². The SMILES string of the molecule is C=CCOC(=O)NC(C(=O)CCN(CC(c1ccccc1)c1ccccc1)C(=O)[C@H](CCCN(C(=N)NC(=O)OCc1ccccc1)C(=O)OCc1ccccc1)NC(=O)OC(C)(C)C)c1ccc2ccccc2c1. The van der Waals surface area contributed by atoms with E-state index in [1.54, 1.807) is 75.4 Å². The van der Waals surface area contributed by atoms with Crippen molar-refractivity contribution in [2.75, 3.05) is 26.2 Å². The number of hydrogen-bond acceptors (Lipinski definition) is 11. The van der Waals surface area contributed by atoms with Crippen molar-refractivity contribution < 1.29 is 47.7 Å². The summed E-state index contributed by atoms with van der Waals surface area (Å²) in [7, 11) is 0. The largest absolute Gasteiger partial charge is 0.445 e. The smallest absolute Gasteiger partial charge is 0.416 e. The maximum atomic E-state index is 15.4. The lowest BCUT2D eigenvalue weighted by Gasteiger charge is -2.32. The minimum atomic E-state index is -1.31. The molecule has 0 bridgehead atoms. The van der Waals surface area contributed by atoms with Gasteiger partial charge in [0, 0.05) is 32.0 Å². The molecule has 0 fully saturated rings. The summed E-state index contributed by atoms with van der Waals surface area (Å²) in [4.78, 5) is 86.0. The molecule has 0 heterocycles. The van der Waals surface area contributed by atoms with Crippen LogP contribution in [-0.4, -0.2) is 89.7 Å². The zero-order valence-electron chi connectivity index (χ0n) is 42.4. The third-order valence-electron chi connectivity index (χ3n) is 11.8. The number of ether oxygens (including phenoxy) is 4. The van der Waals surface area contributed by atoms with Gasteiger partial charge < -0.3 is 34.5 Å². The summed E-state index contributed by atoms with van der Waals surface area (Å²) in [6, 6.07) is 47.5. The molecule has 5 amide bonds. The quantitative estimate of drug-likeness (QED) is 0.0219. The van der Waals surface area contributed by atoms with Crippen LogP contribution in [0, 0.1) is 5.41 Å². The van der Waals surface area contributed by atoms with Gasteiger partial charge in [-0.05, 0) is 78.3 Å². The van der Waals surface area contributed by atoms with Gasteiger partial charge in [-0.1, -0.05) is 170 Å². The molecule has 0 saturated carbocycles. The van der Waals surface area contributed by atoms with Gasteiger partial charge in [0.05, 0.1) is 0 Å². The molecule has 4 N–H and O–H groups in total. The van der Waals surface area contributed by atoms with Crippen LogP contribution in [0.1, 0.15) is 79.8 Å². The van der Waals surface area contributed by atoms with E-state index >= 15 is 4.79 Å². The van der Waals surface area contributed by atoms with Gasteiger partial charge in [-0.2, -0.15) is 0 Å². The zero-order chi connectivity index (χ0) is 53.6. The summed E-state index contributed by atoms with van der Waals surface area (Å²) in [5.41, 5.74) is 2.68. The lowest BCUT2D eigenvalue weighted by Crippen LogP contribution is -2.52. The second kappa shape index (κ2) is 27.9. The molecule has 6 aromatic rings. The summed E-state index contributed by atoms with van der Waals surface area (Å²) in [6.45, 7) is 7.94. The molecule has 0 saturated heterocycles. The number of nitrogens with zero attached hydrogens (tertiary/aromatic N) is 2. The number of carbonyl (C=O) groups excluding carboxylic acids is 6. The third kappa shape index (κ3) is 17.7. The Morgan fingerprint density at radius 1 is 0.627 bits per heavy atom. The predicted octanol–water partition coefficient (Wildman–Crippen LogP) is 10.6. The first-order valence-corrected chi connectivity index (χ1v) is 24.7. The number of guanidine groups is 1. The van der Waals surface area contributed by atoms with Crippen LogP contribution in [-0.2, 0) is 41.8 Å². The molecule has 0 aromatic heterocycles. The summed E-state index contributed by atoms with van der Waals surface area (Å²) >= 11 is 0. The first-order chi connectivity index (χ1) is 36.2. The molecule has 0 aliphatic heterocycles. The topological polar surface area (TPSA) is 206 Å². The van der Waals surface area contributed by atoms with Crippen molar-refractivity contribution in [2.45, 2.75) is 76.9 Å². The highest BCUT2D eigenvalue weighted by molar-refractivity contribution is 5.99. The molecule has 0 radical (unpaired) electrons. The number of carbonyl (C=O) groups is 6. The van der Waals surface area contributed by atoms with Crippen LogP contribution in [0.2, 0.25) is 0 Å². The third-order valence-corrected chi connectivity index (χ3v) is 11.8. The molecule has 0 spiro atoms. The Morgan fingerprint density at radius 2 is 1.19 bits per heavy atom. The van der Waals surface area contributed by atoms with E-state index in [-0.39, 0.29) is 58.7 Å². The number of rotatable bonds is 22. The van der Waals surface area contributed by atoms with Crippen molar-refractivity contribution in [1.82, 2.24) is 25.8 Å².